The van der Waals surface area contributed by atoms with Crippen molar-refractivity contribution in [1.82, 2.24) is 10.6 Å². The molecule has 2 N–H and O–H groups in total. The molecule has 0 spiro atoms. The number of carbonyl (C=O) groups is 1. The smallest absolute Gasteiger partial charge is 0.237 e. The molecule has 3 nitrogen and oxygen atoms in total. The van der Waals surface area contributed by atoms with Crippen molar-refractivity contribution in [3.63, 3.8) is 0 Å². The Morgan fingerprint density at radius 2 is 1.87 bits per heavy atom. The summed E-state index contributed by atoms with van der Waals surface area (Å²) in [5, 5.41) is 6.39. The van der Waals surface area contributed by atoms with Crippen LogP contribution in [-0.4, -0.2) is 23.0 Å². The molecule has 1 amide bonds. The van der Waals surface area contributed by atoms with Gasteiger partial charge in [0, 0.05) is 11.1 Å². The van der Waals surface area contributed by atoms with Gasteiger partial charge in [-0.2, -0.15) is 0 Å². The lowest BCUT2D eigenvalue weighted by Gasteiger charge is -2.41. The summed E-state index contributed by atoms with van der Waals surface area (Å²) >= 11 is 0. The second-order valence-corrected chi connectivity index (χ2v) is 6.02. The first-order valence-electron chi connectivity index (χ1n) is 5.82. The normalized spacial score (nSPS) is 21.7. The summed E-state index contributed by atoms with van der Waals surface area (Å²) in [4.78, 5) is 11.8. The van der Waals surface area contributed by atoms with Crippen LogP contribution in [0.1, 0.15) is 53.9 Å². The second-order valence-electron chi connectivity index (χ2n) is 6.02. The topological polar surface area (TPSA) is 41.1 Å². The monoisotopic (exact) mass is 212 g/mol. The predicted octanol–water partition coefficient (Wildman–Crippen LogP) is 1.82. The Labute approximate surface area is 93.0 Å². The van der Waals surface area contributed by atoms with Gasteiger partial charge in [0.15, 0.2) is 0 Å². The fraction of sp³-hybridized carbons (Fsp3) is 0.917. The average Bonchev–Trinajstić information content (AvgIpc) is 1.98. The van der Waals surface area contributed by atoms with E-state index in [1.807, 2.05) is 27.7 Å². The van der Waals surface area contributed by atoms with Gasteiger partial charge in [0.1, 0.15) is 0 Å². The SMILES string of the molecule is CC(NC1(C)CCC1)C(=O)NC(C)(C)C. The summed E-state index contributed by atoms with van der Waals surface area (Å²) < 4.78 is 0. The Morgan fingerprint density at radius 1 is 1.33 bits per heavy atom. The lowest BCUT2D eigenvalue weighted by atomic mass is 9.78. The van der Waals surface area contributed by atoms with Crippen LogP contribution in [0.15, 0.2) is 0 Å². The van der Waals surface area contributed by atoms with E-state index < -0.39 is 0 Å². The van der Waals surface area contributed by atoms with Crippen molar-refractivity contribution in [2.75, 3.05) is 0 Å². The number of nitrogens with one attached hydrogen (secondary N) is 2. The zero-order chi connectivity index (χ0) is 11.7. The van der Waals surface area contributed by atoms with Gasteiger partial charge in [-0.3, -0.25) is 4.79 Å². The van der Waals surface area contributed by atoms with Crippen LogP contribution in [0.5, 0.6) is 0 Å². The molecule has 88 valence electrons. The van der Waals surface area contributed by atoms with E-state index in [1.165, 1.54) is 19.3 Å². The van der Waals surface area contributed by atoms with Gasteiger partial charge in [0.25, 0.3) is 0 Å². The maximum atomic E-state index is 11.8. The molecule has 1 atom stereocenters. The van der Waals surface area contributed by atoms with Gasteiger partial charge < -0.3 is 10.6 Å². The number of amides is 1. The molecule has 1 aliphatic carbocycles. The third-order valence-electron chi connectivity index (χ3n) is 2.91. The number of hydrogen-bond donors (Lipinski definition) is 2. The van der Waals surface area contributed by atoms with Crippen LogP contribution >= 0.6 is 0 Å². The van der Waals surface area contributed by atoms with Gasteiger partial charge in [-0.15, -0.1) is 0 Å². The summed E-state index contributed by atoms with van der Waals surface area (Å²) in [5.74, 6) is 0.0932. The fourth-order valence-corrected chi connectivity index (χ4v) is 1.92. The third kappa shape index (κ3) is 3.82. The van der Waals surface area contributed by atoms with Crippen LogP contribution in [0, 0.1) is 0 Å². The lowest BCUT2D eigenvalue weighted by Crippen LogP contribution is -2.58. The van der Waals surface area contributed by atoms with Gasteiger partial charge >= 0.3 is 0 Å². The summed E-state index contributed by atoms with van der Waals surface area (Å²) in [6, 6.07) is -0.102. The highest BCUT2D eigenvalue weighted by Crippen LogP contribution is 2.31. The summed E-state index contributed by atoms with van der Waals surface area (Å²) in [5.41, 5.74) is 0.0438. The summed E-state index contributed by atoms with van der Waals surface area (Å²) in [6.07, 6.45) is 3.64. The average molecular weight is 212 g/mol. The molecule has 0 bridgehead atoms. The maximum absolute atomic E-state index is 11.8. The Kier molecular flexibility index (Phi) is 3.44. The highest BCUT2D eigenvalue weighted by molar-refractivity contribution is 5.82. The molecule has 1 aliphatic rings. The van der Waals surface area contributed by atoms with E-state index in [4.69, 9.17) is 0 Å². The van der Waals surface area contributed by atoms with Crippen molar-refractivity contribution < 1.29 is 4.79 Å². The molecular weight excluding hydrogens is 188 g/mol. The summed E-state index contributed by atoms with van der Waals surface area (Å²) in [6.45, 7) is 10.1. The Hall–Kier alpha value is -0.570. The molecule has 0 aromatic heterocycles. The molecule has 0 heterocycles. The first-order valence-corrected chi connectivity index (χ1v) is 5.82. The molecule has 0 aromatic carbocycles. The molecule has 0 radical (unpaired) electrons. The molecule has 0 aliphatic heterocycles. The molecule has 1 fully saturated rings. The van der Waals surface area contributed by atoms with Crippen molar-refractivity contribution in [2.45, 2.75) is 71.0 Å². The number of rotatable bonds is 3. The Morgan fingerprint density at radius 3 is 2.20 bits per heavy atom. The van der Waals surface area contributed by atoms with Gasteiger partial charge in [-0.25, -0.2) is 0 Å². The van der Waals surface area contributed by atoms with Crippen molar-refractivity contribution in [1.29, 1.82) is 0 Å². The van der Waals surface area contributed by atoms with E-state index in [0.717, 1.165) is 0 Å². The zero-order valence-corrected chi connectivity index (χ0v) is 10.6. The molecule has 0 aromatic rings. The molecule has 0 saturated heterocycles. The molecular formula is C12H24N2O. The summed E-state index contributed by atoms with van der Waals surface area (Å²) in [7, 11) is 0. The quantitative estimate of drug-likeness (QED) is 0.749. The molecule has 1 rings (SSSR count). The number of carbonyl (C=O) groups excluding carboxylic acids is 1. The second kappa shape index (κ2) is 4.12. The Balaban J connectivity index is 2.39. The third-order valence-corrected chi connectivity index (χ3v) is 2.91. The molecule has 3 heteroatoms. The van der Waals surface area contributed by atoms with Crippen LogP contribution in [-0.2, 0) is 4.79 Å². The van der Waals surface area contributed by atoms with Crippen LogP contribution in [0.4, 0.5) is 0 Å². The predicted molar refractivity (Wildman–Crippen MR) is 62.7 cm³/mol. The molecule has 15 heavy (non-hydrogen) atoms. The van der Waals surface area contributed by atoms with Crippen LogP contribution in [0.3, 0.4) is 0 Å². The standard InChI is InChI=1S/C12H24N2O/c1-9(10(15)14-11(2,3)4)13-12(5)7-6-8-12/h9,13H,6-8H2,1-5H3,(H,14,15). The minimum Gasteiger partial charge on any atom is -0.350 e. The highest BCUT2D eigenvalue weighted by Gasteiger charge is 2.34. The van der Waals surface area contributed by atoms with Gasteiger partial charge in [0.05, 0.1) is 6.04 Å². The minimum absolute atomic E-state index is 0.0932. The van der Waals surface area contributed by atoms with Crippen molar-refractivity contribution in [3.05, 3.63) is 0 Å². The van der Waals surface area contributed by atoms with E-state index in [1.54, 1.807) is 0 Å². The van der Waals surface area contributed by atoms with E-state index in [0.29, 0.717) is 0 Å². The van der Waals surface area contributed by atoms with Crippen LogP contribution in [0.25, 0.3) is 0 Å². The van der Waals surface area contributed by atoms with Gasteiger partial charge in [-0.1, -0.05) is 0 Å². The maximum Gasteiger partial charge on any atom is 0.237 e. The van der Waals surface area contributed by atoms with Gasteiger partial charge in [-0.05, 0) is 53.9 Å². The largest absolute Gasteiger partial charge is 0.350 e. The van der Waals surface area contributed by atoms with E-state index in [9.17, 15) is 4.79 Å². The number of hydrogen-bond acceptors (Lipinski definition) is 2. The van der Waals surface area contributed by atoms with Crippen molar-refractivity contribution in [2.24, 2.45) is 0 Å². The van der Waals surface area contributed by atoms with Crippen molar-refractivity contribution in [3.8, 4) is 0 Å². The Bertz CT molecular complexity index is 238. The molecule has 1 saturated carbocycles. The van der Waals surface area contributed by atoms with Crippen LogP contribution < -0.4 is 10.6 Å². The highest BCUT2D eigenvalue weighted by atomic mass is 16.2. The fourth-order valence-electron chi connectivity index (χ4n) is 1.92. The van der Waals surface area contributed by atoms with E-state index >= 15 is 0 Å². The van der Waals surface area contributed by atoms with E-state index in [-0.39, 0.29) is 23.0 Å². The van der Waals surface area contributed by atoms with Gasteiger partial charge in [0.2, 0.25) is 5.91 Å². The van der Waals surface area contributed by atoms with Crippen LogP contribution in [0.2, 0.25) is 0 Å². The zero-order valence-electron chi connectivity index (χ0n) is 10.6. The lowest BCUT2D eigenvalue weighted by molar-refractivity contribution is -0.125. The molecule has 1 unspecified atom stereocenters. The van der Waals surface area contributed by atoms with E-state index in [2.05, 4.69) is 17.6 Å². The first kappa shape index (κ1) is 12.5. The minimum atomic E-state index is -0.145. The van der Waals surface area contributed by atoms with Crippen molar-refractivity contribution >= 4 is 5.91 Å². The first-order chi connectivity index (χ1) is 6.72.